The number of nitrogens with zero attached hydrogens (tertiary/aromatic N) is 1. The third-order valence-corrected chi connectivity index (χ3v) is 4.37. The van der Waals surface area contributed by atoms with Crippen molar-refractivity contribution < 1.29 is 0 Å². The Morgan fingerprint density at radius 1 is 1.38 bits per heavy atom. The maximum absolute atomic E-state index is 9.44. The zero-order chi connectivity index (χ0) is 11.9. The summed E-state index contributed by atoms with van der Waals surface area (Å²) in [6, 6.07) is 2.56. The molecule has 2 nitrogen and oxygen atoms in total. The van der Waals surface area contributed by atoms with Crippen molar-refractivity contribution in [1.29, 1.82) is 5.26 Å². The van der Waals surface area contributed by atoms with Crippen molar-refractivity contribution in [2.75, 3.05) is 18.1 Å². The maximum Gasteiger partial charge on any atom is 0.118 e. The lowest BCUT2D eigenvalue weighted by atomic mass is 9.97. The molecule has 0 amide bonds. The number of unbranched alkanes of at least 4 members (excludes halogenated alkanes) is 1. The Morgan fingerprint density at radius 2 is 2.12 bits per heavy atom. The zero-order valence-electron chi connectivity index (χ0n) is 10.6. The largest absolute Gasteiger partial charge is 0.298 e. The Labute approximate surface area is 104 Å². The van der Waals surface area contributed by atoms with Crippen LogP contribution in [0, 0.1) is 17.2 Å². The molecule has 0 heterocycles. The van der Waals surface area contributed by atoms with E-state index in [1.165, 1.54) is 31.4 Å². The fourth-order valence-corrected chi connectivity index (χ4v) is 3.24. The van der Waals surface area contributed by atoms with Gasteiger partial charge in [0.15, 0.2) is 0 Å². The second kappa shape index (κ2) is 7.19. The van der Waals surface area contributed by atoms with E-state index in [4.69, 9.17) is 0 Å². The Balaban J connectivity index is 2.39. The molecule has 1 unspecified atom stereocenters. The molecule has 1 atom stereocenters. The molecule has 1 rings (SSSR count). The Kier molecular flexibility index (Phi) is 6.23. The smallest absolute Gasteiger partial charge is 0.118 e. The van der Waals surface area contributed by atoms with Gasteiger partial charge in [-0.25, -0.2) is 0 Å². The van der Waals surface area contributed by atoms with Crippen molar-refractivity contribution in [1.82, 2.24) is 5.32 Å². The summed E-state index contributed by atoms with van der Waals surface area (Å²) in [5.74, 6) is 2.77. The van der Waals surface area contributed by atoms with Crippen LogP contribution < -0.4 is 5.32 Å². The number of thioether (sulfide) groups is 1. The van der Waals surface area contributed by atoms with E-state index in [1.54, 1.807) is 0 Å². The summed E-state index contributed by atoms with van der Waals surface area (Å²) in [5.41, 5.74) is -0.228. The summed E-state index contributed by atoms with van der Waals surface area (Å²) in [5, 5.41) is 12.9. The van der Waals surface area contributed by atoms with E-state index in [9.17, 15) is 5.26 Å². The summed E-state index contributed by atoms with van der Waals surface area (Å²) >= 11 is 1.94. The van der Waals surface area contributed by atoms with Gasteiger partial charge in [-0.2, -0.15) is 17.0 Å². The van der Waals surface area contributed by atoms with Gasteiger partial charge < -0.3 is 0 Å². The van der Waals surface area contributed by atoms with Gasteiger partial charge in [-0.1, -0.05) is 20.3 Å². The summed E-state index contributed by atoms with van der Waals surface area (Å²) in [7, 11) is 0. The number of rotatable bonds is 9. The minimum Gasteiger partial charge on any atom is -0.298 e. The first kappa shape index (κ1) is 13.9. The minimum absolute atomic E-state index is 0.228. The molecule has 1 aliphatic carbocycles. The summed E-state index contributed by atoms with van der Waals surface area (Å²) in [4.78, 5) is 0. The average Bonchev–Trinajstić information content (AvgIpc) is 3.13. The van der Waals surface area contributed by atoms with Crippen molar-refractivity contribution in [2.24, 2.45) is 5.92 Å². The molecule has 1 saturated carbocycles. The highest BCUT2D eigenvalue weighted by Crippen LogP contribution is 2.41. The van der Waals surface area contributed by atoms with Crippen LogP contribution in [0.5, 0.6) is 0 Å². The molecule has 0 aliphatic heterocycles. The minimum atomic E-state index is -0.228. The molecule has 1 N–H and O–H groups in total. The second-order valence-electron chi connectivity index (χ2n) is 4.69. The molecule has 1 fully saturated rings. The number of hydrogen-bond donors (Lipinski definition) is 1. The van der Waals surface area contributed by atoms with Gasteiger partial charge >= 0.3 is 0 Å². The van der Waals surface area contributed by atoms with E-state index in [2.05, 4.69) is 25.2 Å². The lowest BCUT2D eigenvalue weighted by molar-refractivity contribution is 0.405. The molecule has 0 radical (unpaired) electrons. The van der Waals surface area contributed by atoms with E-state index in [1.807, 2.05) is 11.8 Å². The summed E-state index contributed by atoms with van der Waals surface area (Å²) in [6.45, 7) is 5.35. The van der Waals surface area contributed by atoms with Gasteiger partial charge in [-0.3, -0.25) is 5.32 Å². The van der Waals surface area contributed by atoms with Gasteiger partial charge in [-0.15, -0.1) is 0 Å². The monoisotopic (exact) mass is 240 g/mol. The van der Waals surface area contributed by atoms with Gasteiger partial charge in [0.25, 0.3) is 0 Å². The fraction of sp³-hybridized carbons (Fsp3) is 0.923. The zero-order valence-corrected chi connectivity index (χ0v) is 11.4. The SMILES string of the molecule is CCCCSCC(C#N)(NCCC)C1CC1. The summed E-state index contributed by atoms with van der Waals surface area (Å²) in [6.07, 6.45) is 6.09. The highest BCUT2D eigenvalue weighted by Gasteiger charge is 2.45. The van der Waals surface area contributed by atoms with Gasteiger partial charge in [0.1, 0.15) is 5.54 Å². The van der Waals surface area contributed by atoms with Crippen LogP contribution in [0.15, 0.2) is 0 Å². The predicted octanol–water partition coefficient (Wildman–Crippen LogP) is 3.19. The van der Waals surface area contributed by atoms with Crippen molar-refractivity contribution in [3.05, 3.63) is 0 Å². The maximum atomic E-state index is 9.44. The van der Waals surface area contributed by atoms with Crippen LogP contribution in [0.3, 0.4) is 0 Å². The second-order valence-corrected chi connectivity index (χ2v) is 5.80. The number of hydrogen-bond acceptors (Lipinski definition) is 3. The van der Waals surface area contributed by atoms with Crippen LogP contribution in [0.2, 0.25) is 0 Å². The summed E-state index contributed by atoms with van der Waals surface area (Å²) < 4.78 is 0. The van der Waals surface area contributed by atoms with E-state index in [-0.39, 0.29) is 5.54 Å². The third-order valence-electron chi connectivity index (χ3n) is 3.14. The Bertz CT molecular complexity index is 233. The van der Waals surface area contributed by atoms with Crippen LogP contribution in [-0.4, -0.2) is 23.6 Å². The van der Waals surface area contributed by atoms with Crippen LogP contribution in [0.1, 0.15) is 46.0 Å². The van der Waals surface area contributed by atoms with Gasteiger partial charge in [0.05, 0.1) is 6.07 Å². The van der Waals surface area contributed by atoms with Crippen molar-refractivity contribution in [3.8, 4) is 6.07 Å². The van der Waals surface area contributed by atoms with E-state index in [0.29, 0.717) is 5.92 Å². The molecule has 92 valence electrons. The highest BCUT2D eigenvalue weighted by atomic mass is 32.2. The number of nitriles is 1. The molecule has 0 spiro atoms. The molecule has 3 heteroatoms. The van der Waals surface area contributed by atoms with E-state index >= 15 is 0 Å². The van der Waals surface area contributed by atoms with Crippen LogP contribution in [0.25, 0.3) is 0 Å². The molecular weight excluding hydrogens is 216 g/mol. The first-order valence-electron chi connectivity index (χ1n) is 6.53. The number of nitrogens with one attached hydrogen (secondary N) is 1. The normalized spacial score (nSPS) is 19.1. The molecule has 16 heavy (non-hydrogen) atoms. The molecule has 0 aromatic rings. The molecule has 0 aromatic carbocycles. The van der Waals surface area contributed by atoms with Crippen molar-refractivity contribution >= 4 is 11.8 Å². The molecular formula is C13H24N2S. The predicted molar refractivity (Wildman–Crippen MR) is 71.6 cm³/mol. The van der Waals surface area contributed by atoms with E-state index < -0.39 is 0 Å². The van der Waals surface area contributed by atoms with Crippen molar-refractivity contribution in [2.45, 2.75) is 51.5 Å². The van der Waals surface area contributed by atoms with Crippen LogP contribution in [-0.2, 0) is 0 Å². The standard InChI is InChI=1S/C13H24N2S/c1-3-5-9-16-11-13(10-14,12-6-7-12)15-8-4-2/h12,15H,3-9,11H2,1-2H3. The molecule has 0 aromatic heterocycles. The Morgan fingerprint density at radius 3 is 2.62 bits per heavy atom. The van der Waals surface area contributed by atoms with Crippen molar-refractivity contribution in [3.63, 3.8) is 0 Å². The van der Waals surface area contributed by atoms with Gasteiger partial charge in [0.2, 0.25) is 0 Å². The molecule has 1 aliphatic rings. The fourth-order valence-electron chi connectivity index (χ4n) is 1.88. The topological polar surface area (TPSA) is 35.8 Å². The lowest BCUT2D eigenvalue weighted by Gasteiger charge is -2.27. The van der Waals surface area contributed by atoms with Crippen LogP contribution in [0.4, 0.5) is 0 Å². The quantitative estimate of drug-likeness (QED) is 0.629. The van der Waals surface area contributed by atoms with Crippen LogP contribution >= 0.6 is 11.8 Å². The molecule has 0 bridgehead atoms. The van der Waals surface area contributed by atoms with E-state index in [0.717, 1.165) is 18.7 Å². The first-order chi connectivity index (χ1) is 7.79. The Hall–Kier alpha value is -0.200. The first-order valence-corrected chi connectivity index (χ1v) is 7.68. The van der Waals surface area contributed by atoms with Gasteiger partial charge in [0, 0.05) is 5.75 Å². The third kappa shape index (κ3) is 3.99. The lowest BCUT2D eigenvalue weighted by Crippen LogP contribution is -2.48. The average molecular weight is 240 g/mol. The van der Waals surface area contributed by atoms with Gasteiger partial charge in [-0.05, 0) is 43.9 Å². The molecule has 0 saturated heterocycles. The highest BCUT2D eigenvalue weighted by molar-refractivity contribution is 7.99.